The molecule has 0 aliphatic rings. The third-order valence-corrected chi connectivity index (χ3v) is 2.42. The van der Waals surface area contributed by atoms with E-state index < -0.39 is 0 Å². The summed E-state index contributed by atoms with van der Waals surface area (Å²) in [6.45, 7) is 0. The average molecular weight is 180 g/mol. The van der Waals surface area contributed by atoms with E-state index in [4.69, 9.17) is 0 Å². The molecule has 0 saturated carbocycles. The first-order valence-corrected chi connectivity index (χ1v) is 5.49. The van der Waals surface area contributed by atoms with Gasteiger partial charge in [-0.25, -0.2) is 0 Å². The quantitative estimate of drug-likeness (QED) is 0.482. The number of rotatable bonds is 5. The van der Waals surface area contributed by atoms with E-state index in [1.54, 1.807) is 0 Å². The molecule has 1 aromatic carbocycles. The summed E-state index contributed by atoms with van der Waals surface area (Å²) in [4.78, 5) is 0. The van der Waals surface area contributed by atoms with Crippen molar-refractivity contribution in [1.82, 2.24) is 0 Å². The summed E-state index contributed by atoms with van der Waals surface area (Å²) in [6, 6.07) is 10.7. The summed E-state index contributed by atoms with van der Waals surface area (Å²) in [5.74, 6) is 0. The van der Waals surface area contributed by atoms with Crippen LogP contribution in [0.4, 0.5) is 0 Å². The molecule has 1 atom stereocenters. The first kappa shape index (κ1) is 9.74. The Morgan fingerprint density at radius 2 is 1.67 bits per heavy atom. The van der Waals surface area contributed by atoms with E-state index >= 15 is 0 Å². The highest BCUT2D eigenvalue weighted by Gasteiger charge is 1.90. The van der Waals surface area contributed by atoms with E-state index in [0.717, 1.165) is 0 Å². The topological polar surface area (TPSA) is 0 Å². The Morgan fingerprint density at radius 1 is 0.917 bits per heavy atom. The summed E-state index contributed by atoms with van der Waals surface area (Å²) < 4.78 is 0. The van der Waals surface area contributed by atoms with E-state index in [1.165, 1.54) is 37.4 Å². The monoisotopic (exact) mass is 180 g/mol. The van der Waals surface area contributed by atoms with Crippen molar-refractivity contribution in [2.75, 3.05) is 6.16 Å². The van der Waals surface area contributed by atoms with E-state index in [1.807, 2.05) is 0 Å². The van der Waals surface area contributed by atoms with Gasteiger partial charge in [0.2, 0.25) is 0 Å². The second-order valence-corrected chi connectivity index (χ2v) is 3.66. The van der Waals surface area contributed by atoms with Crippen LogP contribution in [0.3, 0.4) is 0 Å². The predicted octanol–water partition coefficient (Wildman–Crippen LogP) is 3.27. The van der Waals surface area contributed by atoms with Crippen molar-refractivity contribution in [3.8, 4) is 0 Å². The minimum absolute atomic E-state index is 1.24. The zero-order chi connectivity index (χ0) is 8.65. The van der Waals surface area contributed by atoms with Gasteiger partial charge in [0.15, 0.2) is 0 Å². The van der Waals surface area contributed by atoms with Crippen molar-refractivity contribution in [3.63, 3.8) is 0 Å². The molecule has 0 aromatic heterocycles. The first-order valence-electron chi connectivity index (χ1n) is 4.67. The van der Waals surface area contributed by atoms with Crippen LogP contribution >= 0.6 is 9.24 Å². The minimum atomic E-state index is 1.24. The van der Waals surface area contributed by atoms with Gasteiger partial charge in [-0.15, -0.1) is 9.24 Å². The first-order chi connectivity index (χ1) is 5.93. The SMILES string of the molecule is PCCCCCc1ccccc1. The Kier molecular flexibility index (Phi) is 5.03. The fraction of sp³-hybridized carbons (Fsp3) is 0.455. The molecule has 0 nitrogen and oxygen atoms in total. The smallest absolute Gasteiger partial charge is 0.0279 e. The van der Waals surface area contributed by atoms with E-state index in [2.05, 4.69) is 39.6 Å². The van der Waals surface area contributed by atoms with Crippen LogP contribution in [0, 0.1) is 0 Å². The Hall–Kier alpha value is -0.350. The Morgan fingerprint density at radius 3 is 2.33 bits per heavy atom. The van der Waals surface area contributed by atoms with Crippen LogP contribution in [0.1, 0.15) is 24.8 Å². The predicted molar refractivity (Wildman–Crippen MR) is 58.6 cm³/mol. The molecule has 0 bridgehead atoms. The molecule has 0 amide bonds. The lowest BCUT2D eigenvalue weighted by Gasteiger charge is -1.99. The molecule has 0 fully saturated rings. The van der Waals surface area contributed by atoms with Crippen LogP contribution in [0.5, 0.6) is 0 Å². The highest BCUT2D eigenvalue weighted by Crippen LogP contribution is 2.06. The summed E-state index contributed by atoms with van der Waals surface area (Å²) in [5.41, 5.74) is 1.47. The number of aryl methyl sites for hydroxylation is 1. The van der Waals surface area contributed by atoms with Gasteiger partial charge >= 0.3 is 0 Å². The lowest BCUT2D eigenvalue weighted by molar-refractivity contribution is 0.722. The van der Waals surface area contributed by atoms with Crippen molar-refractivity contribution in [2.24, 2.45) is 0 Å². The molecule has 12 heavy (non-hydrogen) atoms. The van der Waals surface area contributed by atoms with Gasteiger partial charge in [-0.1, -0.05) is 36.8 Å². The maximum absolute atomic E-state index is 2.78. The van der Waals surface area contributed by atoms with Gasteiger partial charge in [0, 0.05) is 0 Å². The van der Waals surface area contributed by atoms with Crippen molar-refractivity contribution in [3.05, 3.63) is 35.9 Å². The third-order valence-electron chi connectivity index (χ3n) is 2.01. The molecule has 1 unspecified atom stereocenters. The normalized spacial score (nSPS) is 10.1. The molecule has 0 spiro atoms. The number of hydrogen-bond acceptors (Lipinski definition) is 0. The van der Waals surface area contributed by atoms with E-state index in [-0.39, 0.29) is 0 Å². The van der Waals surface area contributed by atoms with Crippen molar-refractivity contribution in [2.45, 2.75) is 25.7 Å². The van der Waals surface area contributed by atoms with Gasteiger partial charge in [0.1, 0.15) is 0 Å². The molecule has 0 aliphatic carbocycles. The van der Waals surface area contributed by atoms with Gasteiger partial charge in [-0.05, 0) is 31.0 Å². The molecule has 66 valence electrons. The average Bonchev–Trinajstić information content (AvgIpc) is 2.14. The largest absolute Gasteiger partial charge is 0.138 e. The van der Waals surface area contributed by atoms with Crippen LogP contribution in [-0.4, -0.2) is 6.16 Å². The zero-order valence-electron chi connectivity index (χ0n) is 7.50. The highest BCUT2D eigenvalue weighted by molar-refractivity contribution is 7.16. The van der Waals surface area contributed by atoms with Gasteiger partial charge in [0.25, 0.3) is 0 Å². The van der Waals surface area contributed by atoms with Gasteiger partial charge in [-0.2, -0.15) is 0 Å². The standard InChI is InChI=1S/C11H17P/c12-10-6-2-5-9-11-7-3-1-4-8-11/h1,3-4,7-8H,2,5-6,9-10,12H2. The van der Waals surface area contributed by atoms with Crippen molar-refractivity contribution in [1.29, 1.82) is 0 Å². The molecule has 0 N–H and O–H groups in total. The highest BCUT2D eigenvalue weighted by atomic mass is 31.0. The van der Waals surface area contributed by atoms with Crippen molar-refractivity contribution >= 4 is 9.24 Å². The Labute approximate surface area is 77.6 Å². The molecule has 0 radical (unpaired) electrons. The Balaban J connectivity index is 2.16. The molecular weight excluding hydrogens is 163 g/mol. The zero-order valence-corrected chi connectivity index (χ0v) is 8.65. The molecule has 1 rings (SSSR count). The van der Waals surface area contributed by atoms with Crippen LogP contribution < -0.4 is 0 Å². The molecule has 0 heterocycles. The Bertz CT molecular complexity index is 193. The molecular formula is C11H17P. The number of benzene rings is 1. The number of unbranched alkanes of at least 4 members (excludes halogenated alkanes) is 2. The lowest BCUT2D eigenvalue weighted by Crippen LogP contribution is -1.85. The summed E-state index contributed by atoms with van der Waals surface area (Å²) in [7, 11) is 2.78. The molecule has 1 aromatic rings. The van der Waals surface area contributed by atoms with E-state index in [9.17, 15) is 0 Å². The summed E-state index contributed by atoms with van der Waals surface area (Å²) >= 11 is 0. The fourth-order valence-corrected chi connectivity index (χ4v) is 1.58. The second-order valence-electron chi connectivity index (χ2n) is 3.08. The van der Waals surface area contributed by atoms with Crippen LogP contribution in [0.25, 0.3) is 0 Å². The van der Waals surface area contributed by atoms with Gasteiger partial charge in [0.05, 0.1) is 0 Å². The van der Waals surface area contributed by atoms with Crippen LogP contribution in [-0.2, 0) is 6.42 Å². The van der Waals surface area contributed by atoms with Gasteiger partial charge < -0.3 is 0 Å². The summed E-state index contributed by atoms with van der Waals surface area (Å²) in [6.07, 6.45) is 6.52. The van der Waals surface area contributed by atoms with E-state index in [0.29, 0.717) is 0 Å². The maximum Gasteiger partial charge on any atom is -0.0279 e. The molecule has 0 aliphatic heterocycles. The maximum atomic E-state index is 2.78. The van der Waals surface area contributed by atoms with Gasteiger partial charge in [-0.3, -0.25) is 0 Å². The minimum Gasteiger partial charge on any atom is -0.138 e. The fourth-order valence-electron chi connectivity index (χ4n) is 1.29. The lowest BCUT2D eigenvalue weighted by atomic mass is 10.1. The summed E-state index contributed by atoms with van der Waals surface area (Å²) in [5, 5.41) is 0. The third kappa shape index (κ3) is 3.88. The molecule has 0 saturated heterocycles. The second kappa shape index (κ2) is 6.20. The number of hydrogen-bond donors (Lipinski definition) is 0. The molecule has 1 heteroatoms. The van der Waals surface area contributed by atoms with Crippen LogP contribution in [0.15, 0.2) is 30.3 Å². The van der Waals surface area contributed by atoms with Crippen molar-refractivity contribution < 1.29 is 0 Å². The van der Waals surface area contributed by atoms with Crippen LogP contribution in [0.2, 0.25) is 0 Å².